The van der Waals surface area contributed by atoms with Crippen LogP contribution < -0.4 is 14.8 Å². The number of hydrogen-bond acceptors (Lipinski definition) is 5. The second kappa shape index (κ2) is 7.95. The van der Waals surface area contributed by atoms with Gasteiger partial charge >= 0.3 is 0 Å². The van der Waals surface area contributed by atoms with Crippen molar-refractivity contribution < 1.29 is 23.9 Å². The summed E-state index contributed by atoms with van der Waals surface area (Å²) in [6.07, 6.45) is 1.21. The van der Waals surface area contributed by atoms with E-state index in [9.17, 15) is 14.4 Å². The highest BCUT2D eigenvalue weighted by molar-refractivity contribution is 6.02. The maximum atomic E-state index is 12.9. The summed E-state index contributed by atoms with van der Waals surface area (Å²) < 4.78 is 10.5. The second-order valence-electron chi connectivity index (χ2n) is 7.21. The summed E-state index contributed by atoms with van der Waals surface area (Å²) in [6, 6.07) is 12.2. The molecule has 1 fully saturated rings. The van der Waals surface area contributed by atoms with E-state index in [1.807, 2.05) is 0 Å². The molecule has 0 bridgehead atoms. The van der Waals surface area contributed by atoms with E-state index in [1.54, 1.807) is 54.5 Å². The van der Waals surface area contributed by atoms with Gasteiger partial charge < -0.3 is 19.7 Å². The smallest absolute Gasteiger partial charge is 0.262 e. The molecule has 4 rings (SSSR count). The number of ketones is 1. The molecule has 0 aliphatic carbocycles. The standard InChI is InChI=1S/C22H22N2O5/c1-28-17-4-2-3-16(11-17)22(27)24-9-7-14(8-10-24)21(26)15-5-6-19-18(12-15)23-20(25)13-29-19/h2-6,11-12,14H,7-10,13H2,1H3,(H,23,25). The van der Waals surface area contributed by atoms with E-state index >= 15 is 0 Å². The van der Waals surface area contributed by atoms with Crippen molar-refractivity contribution in [1.82, 2.24) is 4.90 Å². The Morgan fingerprint density at radius 2 is 1.90 bits per heavy atom. The number of methoxy groups -OCH3 is 1. The van der Waals surface area contributed by atoms with E-state index in [2.05, 4.69) is 5.32 Å². The molecule has 2 aliphatic rings. The van der Waals surface area contributed by atoms with E-state index in [4.69, 9.17) is 9.47 Å². The Hall–Kier alpha value is -3.35. The number of piperidine rings is 1. The molecule has 2 aliphatic heterocycles. The maximum Gasteiger partial charge on any atom is 0.262 e. The normalized spacial score (nSPS) is 16.4. The summed E-state index contributed by atoms with van der Waals surface area (Å²) in [6.45, 7) is 1.04. The molecule has 1 saturated heterocycles. The van der Waals surface area contributed by atoms with Crippen molar-refractivity contribution in [3.8, 4) is 11.5 Å². The van der Waals surface area contributed by atoms with Crippen molar-refractivity contribution in [1.29, 1.82) is 0 Å². The van der Waals surface area contributed by atoms with Crippen LogP contribution in [-0.4, -0.2) is 49.3 Å². The summed E-state index contributed by atoms with van der Waals surface area (Å²) in [5.74, 6) is 0.808. The van der Waals surface area contributed by atoms with Crippen LogP contribution in [0.5, 0.6) is 11.5 Å². The van der Waals surface area contributed by atoms with Gasteiger partial charge in [0.25, 0.3) is 11.8 Å². The fraction of sp³-hybridized carbons (Fsp3) is 0.318. The molecule has 0 saturated carbocycles. The molecular weight excluding hydrogens is 372 g/mol. The van der Waals surface area contributed by atoms with Gasteiger partial charge in [-0.05, 0) is 49.2 Å². The maximum absolute atomic E-state index is 12.9. The first kappa shape index (κ1) is 19.0. The van der Waals surface area contributed by atoms with Gasteiger partial charge in [0, 0.05) is 30.1 Å². The minimum absolute atomic E-state index is 0.0138. The number of ether oxygens (including phenoxy) is 2. The molecule has 0 radical (unpaired) electrons. The van der Waals surface area contributed by atoms with Gasteiger partial charge in [-0.25, -0.2) is 0 Å². The first-order valence-corrected chi connectivity index (χ1v) is 9.59. The summed E-state index contributed by atoms with van der Waals surface area (Å²) in [5.41, 5.74) is 1.66. The number of Topliss-reactive ketones (excluding diaryl/α,β-unsaturated/α-hetero) is 1. The minimum Gasteiger partial charge on any atom is -0.497 e. The first-order chi connectivity index (χ1) is 14.0. The summed E-state index contributed by atoms with van der Waals surface area (Å²) in [5, 5.41) is 2.73. The topological polar surface area (TPSA) is 84.9 Å². The van der Waals surface area contributed by atoms with E-state index in [0.717, 1.165) is 0 Å². The van der Waals surface area contributed by atoms with Gasteiger partial charge in [0.1, 0.15) is 11.5 Å². The third-order valence-electron chi connectivity index (χ3n) is 5.37. The number of hydrogen-bond donors (Lipinski definition) is 1. The molecule has 1 N–H and O–H groups in total. The molecule has 2 aromatic rings. The van der Waals surface area contributed by atoms with Crippen molar-refractivity contribution in [2.75, 3.05) is 32.1 Å². The van der Waals surface area contributed by atoms with E-state index in [0.29, 0.717) is 54.2 Å². The molecule has 0 unspecified atom stereocenters. The van der Waals surface area contributed by atoms with Crippen molar-refractivity contribution in [3.05, 3.63) is 53.6 Å². The van der Waals surface area contributed by atoms with Crippen LogP contribution in [0.3, 0.4) is 0 Å². The second-order valence-corrected chi connectivity index (χ2v) is 7.21. The van der Waals surface area contributed by atoms with Crippen LogP contribution in [-0.2, 0) is 4.79 Å². The molecule has 7 heteroatoms. The predicted octanol–water partition coefficient (Wildman–Crippen LogP) is 2.76. The number of rotatable bonds is 4. The average molecular weight is 394 g/mol. The highest BCUT2D eigenvalue weighted by atomic mass is 16.5. The third-order valence-corrected chi connectivity index (χ3v) is 5.37. The number of anilines is 1. The fourth-order valence-electron chi connectivity index (χ4n) is 3.76. The lowest BCUT2D eigenvalue weighted by Gasteiger charge is -2.31. The lowest BCUT2D eigenvalue weighted by molar-refractivity contribution is -0.118. The summed E-state index contributed by atoms with van der Waals surface area (Å²) >= 11 is 0. The zero-order valence-corrected chi connectivity index (χ0v) is 16.1. The lowest BCUT2D eigenvalue weighted by atomic mass is 9.88. The largest absolute Gasteiger partial charge is 0.497 e. The number of fused-ring (bicyclic) bond motifs is 1. The number of carbonyl (C=O) groups is 3. The third kappa shape index (κ3) is 3.94. The molecule has 0 atom stereocenters. The molecule has 2 heterocycles. The highest BCUT2D eigenvalue weighted by Crippen LogP contribution is 2.31. The van der Waals surface area contributed by atoms with Crippen LogP contribution in [0.1, 0.15) is 33.6 Å². The Morgan fingerprint density at radius 3 is 2.66 bits per heavy atom. The number of benzene rings is 2. The molecule has 150 valence electrons. The molecule has 0 spiro atoms. The highest BCUT2D eigenvalue weighted by Gasteiger charge is 2.29. The van der Waals surface area contributed by atoms with E-state index in [-0.39, 0.29) is 30.1 Å². The zero-order valence-electron chi connectivity index (χ0n) is 16.1. The Morgan fingerprint density at radius 1 is 1.10 bits per heavy atom. The van der Waals surface area contributed by atoms with Crippen LogP contribution in [0.4, 0.5) is 5.69 Å². The molecule has 2 aromatic carbocycles. The van der Waals surface area contributed by atoms with Crippen LogP contribution in [0.15, 0.2) is 42.5 Å². The van der Waals surface area contributed by atoms with Gasteiger partial charge in [0.15, 0.2) is 12.4 Å². The Bertz CT molecular complexity index is 963. The monoisotopic (exact) mass is 394 g/mol. The number of likely N-dealkylation sites (tertiary alicyclic amines) is 1. The zero-order chi connectivity index (χ0) is 20.4. The Labute approximate surface area is 168 Å². The predicted molar refractivity (Wildman–Crippen MR) is 107 cm³/mol. The Kier molecular flexibility index (Phi) is 5.20. The number of carbonyl (C=O) groups excluding carboxylic acids is 3. The van der Waals surface area contributed by atoms with Crippen molar-refractivity contribution in [2.24, 2.45) is 5.92 Å². The molecule has 0 aromatic heterocycles. The van der Waals surface area contributed by atoms with Gasteiger partial charge in [-0.3, -0.25) is 14.4 Å². The Balaban J connectivity index is 1.40. The van der Waals surface area contributed by atoms with Gasteiger partial charge in [0.05, 0.1) is 12.8 Å². The van der Waals surface area contributed by atoms with Crippen molar-refractivity contribution in [3.63, 3.8) is 0 Å². The van der Waals surface area contributed by atoms with E-state index in [1.165, 1.54) is 0 Å². The van der Waals surface area contributed by atoms with Crippen LogP contribution >= 0.6 is 0 Å². The number of nitrogens with zero attached hydrogens (tertiary/aromatic N) is 1. The van der Waals surface area contributed by atoms with Crippen LogP contribution in [0, 0.1) is 5.92 Å². The van der Waals surface area contributed by atoms with Crippen LogP contribution in [0.25, 0.3) is 0 Å². The van der Waals surface area contributed by atoms with Crippen LogP contribution in [0.2, 0.25) is 0 Å². The number of nitrogens with one attached hydrogen (secondary N) is 1. The molecule has 7 nitrogen and oxygen atoms in total. The fourth-order valence-corrected chi connectivity index (χ4v) is 3.76. The van der Waals surface area contributed by atoms with Gasteiger partial charge in [-0.2, -0.15) is 0 Å². The van der Waals surface area contributed by atoms with Gasteiger partial charge in [-0.15, -0.1) is 0 Å². The minimum atomic E-state index is -0.230. The average Bonchev–Trinajstić information content (AvgIpc) is 2.77. The molecule has 29 heavy (non-hydrogen) atoms. The number of amides is 2. The summed E-state index contributed by atoms with van der Waals surface area (Å²) in [4.78, 5) is 38.9. The van der Waals surface area contributed by atoms with Gasteiger partial charge in [-0.1, -0.05) is 6.07 Å². The van der Waals surface area contributed by atoms with Crippen molar-refractivity contribution >= 4 is 23.3 Å². The molecule has 2 amide bonds. The lowest BCUT2D eigenvalue weighted by Crippen LogP contribution is -2.40. The summed E-state index contributed by atoms with van der Waals surface area (Å²) in [7, 11) is 1.57. The first-order valence-electron chi connectivity index (χ1n) is 9.59. The van der Waals surface area contributed by atoms with Crippen molar-refractivity contribution in [2.45, 2.75) is 12.8 Å². The van der Waals surface area contributed by atoms with Gasteiger partial charge in [0.2, 0.25) is 0 Å². The quantitative estimate of drug-likeness (QED) is 0.806. The van der Waals surface area contributed by atoms with E-state index < -0.39 is 0 Å². The SMILES string of the molecule is COc1cccc(C(=O)N2CCC(C(=O)c3ccc4c(c3)NC(=O)CO4)CC2)c1. The molecular formula is C22H22N2O5.